The maximum atomic E-state index is 13.2. The third-order valence-electron chi connectivity index (χ3n) is 6.47. The molecule has 1 N–H and O–H groups in total. The number of hydrogen-bond acceptors (Lipinski definition) is 4. The van der Waals surface area contributed by atoms with E-state index in [0.29, 0.717) is 24.5 Å². The van der Waals surface area contributed by atoms with Crippen LogP contribution in [0.15, 0.2) is 30.3 Å². The molecule has 2 aliphatic rings. The van der Waals surface area contributed by atoms with Gasteiger partial charge in [0.1, 0.15) is 11.4 Å². The third kappa shape index (κ3) is 3.50. The van der Waals surface area contributed by atoms with Gasteiger partial charge in [-0.05, 0) is 43.2 Å². The lowest BCUT2D eigenvalue weighted by atomic mass is 9.76. The molecule has 1 aliphatic heterocycles. The molecule has 154 valence electrons. The second-order valence-electron chi connectivity index (χ2n) is 8.44. The number of aromatic nitrogens is 2. The second-order valence-corrected chi connectivity index (χ2v) is 8.44. The van der Waals surface area contributed by atoms with Crippen molar-refractivity contribution in [3.8, 4) is 17.0 Å². The molecule has 1 aromatic heterocycles. The number of nitrogens with one attached hydrogen (secondary N) is 1. The molecule has 1 saturated heterocycles. The minimum atomic E-state index is -0.118. The Kier molecular flexibility index (Phi) is 5.06. The SMILES string of the molecule is COc1ccc(-c2cc(C(=O)N3CC(C(=O)N(C)C)C4(CCCC4)C3)[nH]n2)cc1. The van der Waals surface area contributed by atoms with Crippen molar-refractivity contribution in [3.63, 3.8) is 0 Å². The molecule has 4 rings (SSSR count). The Bertz CT molecular complexity index is 897. The van der Waals surface area contributed by atoms with Crippen LogP contribution < -0.4 is 4.74 Å². The highest BCUT2D eigenvalue weighted by molar-refractivity contribution is 5.94. The van der Waals surface area contributed by atoms with E-state index in [9.17, 15) is 9.59 Å². The highest BCUT2D eigenvalue weighted by Gasteiger charge is 2.52. The summed E-state index contributed by atoms with van der Waals surface area (Å²) in [5, 5.41) is 7.20. The normalized spacial score (nSPS) is 20.2. The second kappa shape index (κ2) is 7.54. The molecule has 2 amide bonds. The Hall–Kier alpha value is -2.83. The average Bonchev–Trinajstić information content (AvgIpc) is 3.48. The summed E-state index contributed by atoms with van der Waals surface area (Å²) in [7, 11) is 5.22. The molecule has 29 heavy (non-hydrogen) atoms. The van der Waals surface area contributed by atoms with Gasteiger partial charge in [0.2, 0.25) is 5.91 Å². The Morgan fingerprint density at radius 1 is 1.21 bits per heavy atom. The zero-order valence-electron chi connectivity index (χ0n) is 17.3. The van der Waals surface area contributed by atoms with Gasteiger partial charge in [-0.15, -0.1) is 0 Å². The molecule has 1 spiro atoms. The number of rotatable bonds is 4. The number of amides is 2. The van der Waals surface area contributed by atoms with Crippen LogP contribution in [-0.2, 0) is 4.79 Å². The van der Waals surface area contributed by atoms with Gasteiger partial charge in [0.05, 0.1) is 18.7 Å². The van der Waals surface area contributed by atoms with Gasteiger partial charge in [0.15, 0.2) is 0 Å². The largest absolute Gasteiger partial charge is 0.497 e. The molecule has 0 bridgehead atoms. The number of likely N-dealkylation sites (tertiary alicyclic amines) is 1. The predicted octanol–water partition coefficient (Wildman–Crippen LogP) is 2.81. The van der Waals surface area contributed by atoms with Crippen LogP contribution in [0.1, 0.15) is 36.2 Å². The van der Waals surface area contributed by atoms with Crippen LogP contribution in [0.3, 0.4) is 0 Å². The van der Waals surface area contributed by atoms with E-state index in [4.69, 9.17) is 4.74 Å². The van der Waals surface area contributed by atoms with Crippen molar-refractivity contribution in [3.05, 3.63) is 36.0 Å². The first kappa shape index (κ1) is 19.5. The van der Waals surface area contributed by atoms with E-state index in [2.05, 4.69) is 10.2 Å². The van der Waals surface area contributed by atoms with E-state index >= 15 is 0 Å². The predicted molar refractivity (Wildman–Crippen MR) is 110 cm³/mol. The van der Waals surface area contributed by atoms with Crippen molar-refractivity contribution in [2.45, 2.75) is 25.7 Å². The number of aromatic amines is 1. The van der Waals surface area contributed by atoms with Gasteiger partial charge < -0.3 is 14.5 Å². The van der Waals surface area contributed by atoms with Gasteiger partial charge >= 0.3 is 0 Å². The van der Waals surface area contributed by atoms with Crippen molar-refractivity contribution in [2.75, 3.05) is 34.3 Å². The van der Waals surface area contributed by atoms with E-state index in [1.165, 1.54) is 0 Å². The standard InChI is InChI=1S/C22H28N4O3/c1-25(2)20(27)17-13-26(14-22(17)10-4-5-11-22)21(28)19-12-18(23-24-19)15-6-8-16(29-3)9-7-15/h6-9,12,17H,4-5,10-11,13-14H2,1-3H3,(H,23,24). The van der Waals surface area contributed by atoms with Crippen molar-refractivity contribution in [2.24, 2.45) is 11.3 Å². The highest BCUT2D eigenvalue weighted by atomic mass is 16.5. The van der Waals surface area contributed by atoms with Crippen molar-refractivity contribution < 1.29 is 14.3 Å². The molecule has 2 aromatic rings. The van der Waals surface area contributed by atoms with Gasteiger partial charge in [-0.25, -0.2) is 0 Å². The Morgan fingerprint density at radius 2 is 1.90 bits per heavy atom. The van der Waals surface area contributed by atoms with Crippen molar-refractivity contribution in [1.29, 1.82) is 0 Å². The molecule has 1 aromatic carbocycles. The van der Waals surface area contributed by atoms with E-state index < -0.39 is 0 Å². The minimum absolute atomic E-state index is 0.0736. The Balaban J connectivity index is 1.54. The summed E-state index contributed by atoms with van der Waals surface area (Å²) in [6.07, 6.45) is 4.29. The fraction of sp³-hybridized carbons (Fsp3) is 0.500. The summed E-state index contributed by atoms with van der Waals surface area (Å²) in [5.74, 6) is 0.701. The molecular formula is C22H28N4O3. The number of hydrogen-bond donors (Lipinski definition) is 1. The van der Waals surface area contributed by atoms with Crippen LogP contribution in [0.4, 0.5) is 0 Å². The number of H-pyrrole nitrogens is 1. The van der Waals surface area contributed by atoms with Gasteiger partial charge in [0.25, 0.3) is 5.91 Å². The van der Waals surface area contributed by atoms with Crippen LogP contribution in [-0.4, -0.2) is 66.1 Å². The van der Waals surface area contributed by atoms with Crippen LogP contribution in [0.5, 0.6) is 5.75 Å². The Labute approximate surface area is 171 Å². The summed E-state index contributed by atoms with van der Waals surface area (Å²) < 4.78 is 5.19. The van der Waals surface area contributed by atoms with Crippen LogP contribution in [0.2, 0.25) is 0 Å². The van der Waals surface area contributed by atoms with Crippen LogP contribution in [0, 0.1) is 11.3 Å². The monoisotopic (exact) mass is 396 g/mol. The van der Waals surface area contributed by atoms with Gasteiger partial charge in [-0.3, -0.25) is 14.7 Å². The molecule has 2 fully saturated rings. The molecular weight excluding hydrogens is 368 g/mol. The number of benzene rings is 1. The lowest BCUT2D eigenvalue weighted by Gasteiger charge is -2.30. The third-order valence-corrected chi connectivity index (χ3v) is 6.47. The summed E-state index contributed by atoms with van der Waals surface area (Å²) in [4.78, 5) is 29.5. The molecule has 2 heterocycles. The number of methoxy groups -OCH3 is 1. The van der Waals surface area contributed by atoms with Crippen LogP contribution in [0.25, 0.3) is 11.3 Å². The minimum Gasteiger partial charge on any atom is -0.497 e. The molecule has 1 unspecified atom stereocenters. The highest BCUT2D eigenvalue weighted by Crippen LogP contribution is 2.49. The van der Waals surface area contributed by atoms with E-state index in [1.807, 2.05) is 29.2 Å². The number of nitrogens with zero attached hydrogens (tertiary/aromatic N) is 3. The molecule has 7 heteroatoms. The number of carbonyl (C=O) groups is 2. The molecule has 0 radical (unpaired) electrons. The van der Waals surface area contributed by atoms with Gasteiger partial charge in [0, 0.05) is 38.2 Å². The first-order valence-corrected chi connectivity index (χ1v) is 10.1. The van der Waals surface area contributed by atoms with E-state index in [0.717, 1.165) is 37.0 Å². The lowest BCUT2D eigenvalue weighted by molar-refractivity contribution is -0.135. The molecule has 1 aliphatic carbocycles. The summed E-state index contributed by atoms with van der Waals surface area (Å²) in [6.45, 7) is 1.12. The summed E-state index contributed by atoms with van der Waals surface area (Å²) in [5.41, 5.74) is 2.01. The maximum Gasteiger partial charge on any atom is 0.271 e. The fourth-order valence-electron chi connectivity index (χ4n) is 4.87. The smallest absolute Gasteiger partial charge is 0.271 e. The molecule has 1 atom stereocenters. The lowest BCUT2D eigenvalue weighted by Crippen LogP contribution is -2.39. The zero-order chi connectivity index (χ0) is 20.6. The van der Waals surface area contributed by atoms with Gasteiger partial charge in [-0.1, -0.05) is 12.8 Å². The van der Waals surface area contributed by atoms with E-state index in [1.54, 1.807) is 32.2 Å². The number of carbonyl (C=O) groups excluding carboxylic acids is 2. The Morgan fingerprint density at radius 3 is 2.52 bits per heavy atom. The van der Waals surface area contributed by atoms with E-state index in [-0.39, 0.29) is 23.1 Å². The maximum absolute atomic E-state index is 13.2. The summed E-state index contributed by atoms with van der Waals surface area (Å²) >= 11 is 0. The van der Waals surface area contributed by atoms with Gasteiger partial charge in [-0.2, -0.15) is 5.10 Å². The molecule has 1 saturated carbocycles. The quantitative estimate of drug-likeness (QED) is 0.862. The summed E-state index contributed by atoms with van der Waals surface area (Å²) in [6, 6.07) is 9.35. The molecule has 7 nitrogen and oxygen atoms in total. The topological polar surface area (TPSA) is 78.5 Å². The first-order valence-electron chi connectivity index (χ1n) is 10.1. The van der Waals surface area contributed by atoms with Crippen molar-refractivity contribution >= 4 is 11.8 Å². The first-order chi connectivity index (χ1) is 13.9. The fourth-order valence-corrected chi connectivity index (χ4v) is 4.87. The van der Waals surface area contributed by atoms with Crippen molar-refractivity contribution in [1.82, 2.24) is 20.0 Å². The number of ether oxygens (including phenoxy) is 1. The zero-order valence-corrected chi connectivity index (χ0v) is 17.3. The van der Waals surface area contributed by atoms with Crippen LogP contribution >= 0.6 is 0 Å². The average molecular weight is 396 g/mol.